The van der Waals surface area contributed by atoms with Gasteiger partial charge < -0.3 is 10.2 Å². The predicted molar refractivity (Wildman–Crippen MR) is 81.1 cm³/mol. The highest BCUT2D eigenvalue weighted by Crippen LogP contribution is 2.32. The van der Waals surface area contributed by atoms with Crippen molar-refractivity contribution in [2.75, 3.05) is 0 Å². The molecule has 4 heteroatoms. The first-order valence-electron chi connectivity index (χ1n) is 6.26. The molecule has 0 saturated heterocycles. The van der Waals surface area contributed by atoms with Crippen LogP contribution in [0.5, 0.6) is 0 Å². The van der Waals surface area contributed by atoms with Gasteiger partial charge in [-0.2, -0.15) is 0 Å². The van der Waals surface area contributed by atoms with Crippen LogP contribution in [0.1, 0.15) is 22.9 Å². The van der Waals surface area contributed by atoms with Gasteiger partial charge in [0.2, 0.25) is 0 Å². The van der Waals surface area contributed by atoms with Crippen LogP contribution in [0.3, 0.4) is 0 Å². The first kappa shape index (κ1) is 13.3. The van der Waals surface area contributed by atoms with Gasteiger partial charge in [0.1, 0.15) is 17.2 Å². The minimum absolute atomic E-state index is 0.273. The first-order chi connectivity index (χ1) is 9.56. The lowest BCUT2D eigenvalue weighted by atomic mass is 10.0. The van der Waals surface area contributed by atoms with E-state index in [1.807, 2.05) is 31.2 Å². The molecule has 2 N–H and O–H groups in total. The van der Waals surface area contributed by atoms with Crippen molar-refractivity contribution in [3.05, 3.63) is 69.6 Å². The molecule has 0 aliphatic rings. The van der Waals surface area contributed by atoms with Crippen LogP contribution in [0.2, 0.25) is 0 Å². The third-order valence-corrected chi connectivity index (χ3v) is 3.98. The van der Waals surface area contributed by atoms with Crippen molar-refractivity contribution in [2.45, 2.75) is 13.0 Å². The Morgan fingerprint density at radius 1 is 1.15 bits per heavy atom. The largest absolute Gasteiger partial charge is 0.459 e. The fourth-order valence-corrected chi connectivity index (χ4v) is 2.59. The number of fused-ring (bicyclic) bond motifs is 1. The Morgan fingerprint density at radius 2 is 1.85 bits per heavy atom. The van der Waals surface area contributed by atoms with E-state index in [-0.39, 0.29) is 11.9 Å². The SMILES string of the molecule is Cc1c(C(N)c2ccc(Br)cc2)oc2ccc(F)cc12. The van der Waals surface area contributed by atoms with E-state index in [2.05, 4.69) is 15.9 Å². The van der Waals surface area contributed by atoms with Gasteiger partial charge in [0.25, 0.3) is 0 Å². The summed E-state index contributed by atoms with van der Waals surface area (Å²) in [4.78, 5) is 0. The molecular formula is C16H13BrFNO. The lowest BCUT2D eigenvalue weighted by Gasteiger charge is -2.10. The second-order valence-corrected chi connectivity index (χ2v) is 5.68. The molecular weight excluding hydrogens is 321 g/mol. The third kappa shape index (κ3) is 2.25. The molecule has 0 fully saturated rings. The second kappa shape index (κ2) is 5.04. The molecule has 20 heavy (non-hydrogen) atoms. The zero-order chi connectivity index (χ0) is 14.3. The lowest BCUT2D eigenvalue weighted by molar-refractivity contribution is 0.520. The maximum absolute atomic E-state index is 13.3. The van der Waals surface area contributed by atoms with Crippen LogP contribution >= 0.6 is 15.9 Å². The number of furan rings is 1. The van der Waals surface area contributed by atoms with Crippen LogP contribution in [0, 0.1) is 12.7 Å². The van der Waals surface area contributed by atoms with E-state index in [4.69, 9.17) is 10.2 Å². The van der Waals surface area contributed by atoms with Gasteiger partial charge in [0.05, 0.1) is 6.04 Å². The van der Waals surface area contributed by atoms with E-state index in [0.717, 1.165) is 21.0 Å². The highest BCUT2D eigenvalue weighted by atomic mass is 79.9. The van der Waals surface area contributed by atoms with E-state index in [1.54, 1.807) is 6.07 Å². The van der Waals surface area contributed by atoms with Gasteiger partial charge in [-0.25, -0.2) is 4.39 Å². The molecule has 0 saturated carbocycles. The van der Waals surface area contributed by atoms with Crippen molar-refractivity contribution in [3.63, 3.8) is 0 Å². The van der Waals surface area contributed by atoms with E-state index in [0.29, 0.717) is 11.3 Å². The van der Waals surface area contributed by atoms with Crippen molar-refractivity contribution in [1.29, 1.82) is 0 Å². The summed E-state index contributed by atoms with van der Waals surface area (Å²) in [7, 11) is 0. The lowest BCUT2D eigenvalue weighted by Crippen LogP contribution is -2.11. The maximum atomic E-state index is 13.3. The summed E-state index contributed by atoms with van der Waals surface area (Å²) in [6.07, 6.45) is 0. The fourth-order valence-electron chi connectivity index (χ4n) is 2.33. The number of benzene rings is 2. The smallest absolute Gasteiger partial charge is 0.134 e. The van der Waals surface area contributed by atoms with E-state index in [1.165, 1.54) is 12.1 Å². The number of halogens is 2. The quantitative estimate of drug-likeness (QED) is 0.738. The van der Waals surface area contributed by atoms with Crippen LogP contribution in [0.25, 0.3) is 11.0 Å². The Kier molecular flexibility index (Phi) is 3.36. The molecule has 0 spiro atoms. The zero-order valence-electron chi connectivity index (χ0n) is 10.9. The topological polar surface area (TPSA) is 39.2 Å². The summed E-state index contributed by atoms with van der Waals surface area (Å²) in [6, 6.07) is 11.9. The highest BCUT2D eigenvalue weighted by Gasteiger charge is 2.18. The van der Waals surface area contributed by atoms with E-state index < -0.39 is 0 Å². The monoisotopic (exact) mass is 333 g/mol. The van der Waals surface area contributed by atoms with Gasteiger partial charge in [-0.3, -0.25) is 0 Å². The molecule has 0 bridgehead atoms. The summed E-state index contributed by atoms with van der Waals surface area (Å²) >= 11 is 3.40. The average Bonchev–Trinajstić information content (AvgIpc) is 2.76. The Morgan fingerprint density at radius 3 is 2.55 bits per heavy atom. The molecule has 1 aromatic heterocycles. The summed E-state index contributed by atoms with van der Waals surface area (Å²) in [6.45, 7) is 1.90. The molecule has 1 heterocycles. The van der Waals surface area contributed by atoms with Gasteiger partial charge in [0, 0.05) is 15.4 Å². The van der Waals surface area contributed by atoms with E-state index >= 15 is 0 Å². The Balaban J connectivity index is 2.09. The molecule has 3 rings (SSSR count). The Labute approximate surface area is 124 Å². The van der Waals surface area contributed by atoms with Crippen molar-refractivity contribution >= 4 is 26.9 Å². The van der Waals surface area contributed by atoms with Crippen LogP contribution in [0.15, 0.2) is 51.4 Å². The number of aryl methyl sites for hydroxylation is 1. The number of hydrogen-bond acceptors (Lipinski definition) is 2. The molecule has 0 aliphatic carbocycles. The van der Waals surface area contributed by atoms with Crippen LogP contribution < -0.4 is 5.73 Å². The van der Waals surface area contributed by atoms with Crippen molar-refractivity contribution in [1.82, 2.24) is 0 Å². The Hall–Kier alpha value is -1.65. The van der Waals surface area contributed by atoms with Crippen LogP contribution in [0.4, 0.5) is 4.39 Å². The standard InChI is InChI=1S/C16H13BrFNO/c1-9-13-8-12(18)6-7-14(13)20-16(9)15(19)10-2-4-11(17)5-3-10/h2-8,15H,19H2,1H3. The maximum Gasteiger partial charge on any atom is 0.134 e. The summed E-state index contributed by atoms with van der Waals surface area (Å²) in [5.41, 5.74) is 8.76. The molecule has 1 atom stereocenters. The number of hydrogen-bond donors (Lipinski definition) is 1. The fraction of sp³-hybridized carbons (Fsp3) is 0.125. The van der Waals surface area contributed by atoms with Gasteiger partial charge in [-0.05, 0) is 42.8 Å². The molecule has 3 aromatic rings. The van der Waals surface area contributed by atoms with Crippen LogP contribution in [-0.2, 0) is 0 Å². The third-order valence-electron chi connectivity index (χ3n) is 3.45. The predicted octanol–water partition coefficient (Wildman–Crippen LogP) is 4.69. The first-order valence-corrected chi connectivity index (χ1v) is 7.05. The second-order valence-electron chi connectivity index (χ2n) is 4.76. The molecule has 2 aromatic carbocycles. The van der Waals surface area contributed by atoms with Gasteiger partial charge in [0.15, 0.2) is 0 Å². The van der Waals surface area contributed by atoms with Gasteiger partial charge in [-0.15, -0.1) is 0 Å². The van der Waals surface area contributed by atoms with Gasteiger partial charge >= 0.3 is 0 Å². The minimum atomic E-state index is -0.362. The van der Waals surface area contributed by atoms with Crippen molar-refractivity contribution in [3.8, 4) is 0 Å². The molecule has 0 aliphatic heterocycles. The molecule has 2 nitrogen and oxygen atoms in total. The zero-order valence-corrected chi connectivity index (χ0v) is 12.4. The molecule has 102 valence electrons. The summed E-state index contributed by atoms with van der Waals surface area (Å²) in [5, 5.41) is 0.771. The summed E-state index contributed by atoms with van der Waals surface area (Å²) in [5.74, 6) is 0.401. The van der Waals surface area contributed by atoms with Crippen molar-refractivity contribution < 1.29 is 8.81 Å². The van der Waals surface area contributed by atoms with Crippen molar-refractivity contribution in [2.24, 2.45) is 5.73 Å². The normalized spacial score (nSPS) is 12.8. The molecule has 0 amide bonds. The Bertz CT molecular complexity index is 764. The summed E-state index contributed by atoms with van der Waals surface area (Å²) < 4.78 is 20.1. The average molecular weight is 334 g/mol. The number of rotatable bonds is 2. The van der Waals surface area contributed by atoms with Crippen LogP contribution in [-0.4, -0.2) is 0 Å². The minimum Gasteiger partial charge on any atom is -0.459 e. The highest BCUT2D eigenvalue weighted by molar-refractivity contribution is 9.10. The number of nitrogens with two attached hydrogens (primary N) is 1. The molecule has 0 radical (unpaired) electrons. The molecule has 1 unspecified atom stereocenters. The van der Waals surface area contributed by atoms with E-state index in [9.17, 15) is 4.39 Å². The van der Waals surface area contributed by atoms with Gasteiger partial charge in [-0.1, -0.05) is 28.1 Å².